The van der Waals surface area contributed by atoms with Crippen molar-refractivity contribution in [3.63, 3.8) is 0 Å². The zero-order chi connectivity index (χ0) is 53.3. The molecule has 6 atom stereocenters. The first-order chi connectivity index (χ1) is 35.6. The molecule has 12 heteroatoms. The van der Waals surface area contributed by atoms with Gasteiger partial charge >= 0.3 is 23.9 Å². The lowest BCUT2D eigenvalue weighted by molar-refractivity contribution is -0.301. The Morgan fingerprint density at radius 2 is 0.849 bits per heavy atom. The van der Waals surface area contributed by atoms with Gasteiger partial charge in [0.15, 0.2) is 24.6 Å². The summed E-state index contributed by atoms with van der Waals surface area (Å²) in [6.45, 7) is 5.48. The van der Waals surface area contributed by atoms with Crippen molar-refractivity contribution in [3.8, 4) is 0 Å². The molecule has 3 N–H and O–H groups in total. The summed E-state index contributed by atoms with van der Waals surface area (Å²) in [6.07, 6.45) is 55.8. The van der Waals surface area contributed by atoms with Crippen molar-refractivity contribution in [2.24, 2.45) is 0 Å². The second-order valence-electron chi connectivity index (χ2n) is 17.4. The summed E-state index contributed by atoms with van der Waals surface area (Å²) in [5.41, 5.74) is 0. The topological polar surface area (TPSA) is 175 Å². The number of carboxylic acids is 1. The van der Waals surface area contributed by atoms with Gasteiger partial charge in [-0.25, -0.2) is 4.79 Å². The van der Waals surface area contributed by atoms with Crippen molar-refractivity contribution in [1.82, 2.24) is 0 Å². The number of ether oxygens (including phenoxy) is 5. The highest BCUT2D eigenvalue weighted by molar-refractivity contribution is 5.74. The summed E-state index contributed by atoms with van der Waals surface area (Å²) in [5.74, 6) is -3.40. The number of unbranched alkanes of at least 4 members (excludes halogenated alkanes) is 4. The molecule has 1 heterocycles. The maximum Gasteiger partial charge on any atom is 0.335 e. The molecule has 6 unspecified atom stereocenters. The molecule has 0 amide bonds. The molecule has 1 aliphatic heterocycles. The molecule has 12 nitrogen and oxygen atoms in total. The monoisotopic (exact) mass is 1010 g/mol. The molecule has 1 fully saturated rings. The number of esters is 3. The standard InChI is InChI=1S/C61H90O12/c1-4-7-10-13-16-19-22-25-26-27-28-31-32-35-38-41-44-47-53(62)69-50-52(71-54(63)48-45-42-39-36-33-29-23-20-17-14-11-8-5-2)51-70-61-59(57(66)56(65)58(73-61)60(67)68)72-55(64)49-46-43-40-37-34-30-24-21-18-15-12-9-6-3/h7-12,16-21,25-26,28-31,33-34,39-40,42-43,52,56-59,61,65-66H,4-6,13-15,22-24,27,32,35-38,41,44-51H2,1-3H3,(H,67,68)/b10-7-,11-8-,12-9-,19-16-,20-17-,21-18-,26-25-,31-28-,33-29-,34-30-,42-39-,43-40-. The molecule has 1 aliphatic rings. The highest BCUT2D eigenvalue weighted by atomic mass is 16.7. The first-order valence-corrected chi connectivity index (χ1v) is 26.8. The van der Waals surface area contributed by atoms with Gasteiger partial charge in [-0.3, -0.25) is 14.4 Å². The normalized spacial score (nSPS) is 19.5. The van der Waals surface area contributed by atoms with Crippen LogP contribution in [0.4, 0.5) is 0 Å². The summed E-state index contributed by atoms with van der Waals surface area (Å²) in [6, 6.07) is 0. The predicted molar refractivity (Wildman–Crippen MR) is 293 cm³/mol. The van der Waals surface area contributed by atoms with Gasteiger partial charge in [-0.05, 0) is 109 Å². The Balaban J connectivity index is 2.82. The smallest absolute Gasteiger partial charge is 0.335 e. The van der Waals surface area contributed by atoms with E-state index in [1.807, 2.05) is 36.5 Å². The number of carboxylic acid groups (broad SMARTS) is 1. The third-order valence-corrected chi connectivity index (χ3v) is 10.9. The lowest BCUT2D eigenvalue weighted by atomic mass is 9.98. The van der Waals surface area contributed by atoms with Gasteiger partial charge in [0.2, 0.25) is 0 Å². The van der Waals surface area contributed by atoms with E-state index in [4.69, 9.17) is 23.7 Å². The Hall–Kier alpha value is -5.40. The molecule has 0 spiro atoms. The number of carbonyl (C=O) groups excluding carboxylic acids is 3. The lowest BCUT2D eigenvalue weighted by Crippen LogP contribution is -2.61. The Bertz CT molecular complexity index is 1830. The van der Waals surface area contributed by atoms with E-state index < -0.39 is 67.3 Å². The maximum atomic E-state index is 13.1. The molecule has 1 rings (SSSR count). The van der Waals surface area contributed by atoms with Gasteiger partial charge in [0, 0.05) is 19.3 Å². The Labute approximate surface area is 438 Å². The average molecular weight is 1020 g/mol. The number of aliphatic hydroxyl groups is 2. The average Bonchev–Trinajstić information content (AvgIpc) is 3.37. The molecule has 0 radical (unpaired) electrons. The van der Waals surface area contributed by atoms with Crippen molar-refractivity contribution in [2.75, 3.05) is 13.2 Å². The van der Waals surface area contributed by atoms with Crippen molar-refractivity contribution in [2.45, 2.75) is 199 Å². The largest absolute Gasteiger partial charge is 0.479 e. The highest BCUT2D eigenvalue weighted by Crippen LogP contribution is 2.26. The fourth-order valence-electron chi connectivity index (χ4n) is 6.91. The van der Waals surface area contributed by atoms with Gasteiger partial charge in [0.1, 0.15) is 18.8 Å². The minimum atomic E-state index is -1.95. The van der Waals surface area contributed by atoms with Crippen LogP contribution in [0, 0.1) is 0 Å². The Morgan fingerprint density at radius 1 is 0.452 bits per heavy atom. The molecule has 0 aromatic carbocycles. The summed E-state index contributed by atoms with van der Waals surface area (Å²) < 4.78 is 28.1. The molecule has 0 aromatic heterocycles. The van der Waals surface area contributed by atoms with Crippen LogP contribution in [-0.4, -0.2) is 89.2 Å². The summed E-state index contributed by atoms with van der Waals surface area (Å²) in [4.78, 5) is 50.9. The fourth-order valence-corrected chi connectivity index (χ4v) is 6.91. The number of aliphatic hydroxyl groups excluding tert-OH is 2. The number of rotatable bonds is 42. The van der Waals surface area contributed by atoms with Crippen molar-refractivity contribution >= 4 is 23.9 Å². The van der Waals surface area contributed by atoms with Crippen LogP contribution in [0.5, 0.6) is 0 Å². The van der Waals surface area contributed by atoms with E-state index >= 15 is 0 Å². The SMILES string of the molecule is CC/C=C\C/C=C\C/C=C\C/C=C\CCCCCCC(=O)OCC(COC1OC(C(=O)O)C(O)C(O)C1OC(=O)CC/C=C\C/C=C\C/C=C\C/C=C\CC)OC(=O)CC/C=C\C/C=C\C/C=C\C/C=C\CC. The van der Waals surface area contributed by atoms with Crippen LogP contribution in [-0.2, 0) is 42.9 Å². The van der Waals surface area contributed by atoms with Crippen LogP contribution in [0.2, 0.25) is 0 Å². The molecular weight excluding hydrogens is 925 g/mol. The van der Waals surface area contributed by atoms with E-state index in [0.29, 0.717) is 32.1 Å². The molecular formula is C61H90O12. The van der Waals surface area contributed by atoms with Gasteiger partial charge in [0.05, 0.1) is 6.61 Å². The van der Waals surface area contributed by atoms with Crippen molar-refractivity contribution in [1.29, 1.82) is 0 Å². The maximum absolute atomic E-state index is 13.1. The number of hydrogen-bond donors (Lipinski definition) is 3. The van der Waals surface area contributed by atoms with Crippen LogP contribution >= 0.6 is 0 Å². The van der Waals surface area contributed by atoms with E-state index in [0.717, 1.165) is 89.9 Å². The quantitative estimate of drug-likeness (QED) is 0.0229. The van der Waals surface area contributed by atoms with Crippen LogP contribution < -0.4 is 0 Å². The lowest BCUT2D eigenvalue weighted by Gasteiger charge is -2.40. The zero-order valence-corrected chi connectivity index (χ0v) is 44.3. The van der Waals surface area contributed by atoms with E-state index in [1.165, 1.54) is 0 Å². The van der Waals surface area contributed by atoms with Crippen LogP contribution in [0.1, 0.15) is 162 Å². The molecule has 0 bridgehead atoms. The minimum absolute atomic E-state index is 0.0189. The van der Waals surface area contributed by atoms with E-state index in [-0.39, 0.29) is 25.9 Å². The minimum Gasteiger partial charge on any atom is -0.479 e. The molecule has 0 saturated carbocycles. The van der Waals surface area contributed by atoms with Gasteiger partial charge in [-0.2, -0.15) is 0 Å². The number of allylic oxidation sites excluding steroid dienone is 24. The van der Waals surface area contributed by atoms with Crippen LogP contribution in [0.25, 0.3) is 0 Å². The van der Waals surface area contributed by atoms with E-state index in [1.54, 1.807) is 0 Å². The predicted octanol–water partition coefficient (Wildman–Crippen LogP) is 13.2. The third kappa shape index (κ3) is 37.9. The second kappa shape index (κ2) is 47.6. The Kier molecular flexibility index (Phi) is 42.8. The third-order valence-electron chi connectivity index (χ3n) is 10.9. The zero-order valence-electron chi connectivity index (χ0n) is 44.3. The van der Waals surface area contributed by atoms with Gasteiger partial charge in [-0.15, -0.1) is 0 Å². The van der Waals surface area contributed by atoms with Crippen LogP contribution in [0.3, 0.4) is 0 Å². The van der Waals surface area contributed by atoms with E-state index in [9.17, 15) is 34.5 Å². The van der Waals surface area contributed by atoms with Gasteiger partial charge < -0.3 is 39.0 Å². The Morgan fingerprint density at radius 3 is 1.29 bits per heavy atom. The van der Waals surface area contributed by atoms with Crippen molar-refractivity contribution < 1.29 is 58.2 Å². The highest BCUT2D eigenvalue weighted by Gasteiger charge is 2.50. The number of carbonyl (C=O) groups is 4. The van der Waals surface area contributed by atoms with Gasteiger partial charge in [-0.1, -0.05) is 179 Å². The van der Waals surface area contributed by atoms with Gasteiger partial charge in [0.25, 0.3) is 0 Å². The number of hydrogen-bond acceptors (Lipinski definition) is 11. The molecule has 0 aromatic rings. The second-order valence-corrected chi connectivity index (χ2v) is 17.4. The molecule has 406 valence electrons. The molecule has 0 aliphatic carbocycles. The first kappa shape index (κ1) is 65.6. The summed E-state index contributed by atoms with van der Waals surface area (Å²) in [5, 5.41) is 31.3. The fraction of sp³-hybridized carbons (Fsp3) is 0.541. The molecule has 73 heavy (non-hydrogen) atoms. The first-order valence-electron chi connectivity index (χ1n) is 26.8. The summed E-state index contributed by atoms with van der Waals surface area (Å²) in [7, 11) is 0. The number of aliphatic carboxylic acids is 1. The molecule has 1 saturated heterocycles. The summed E-state index contributed by atoms with van der Waals surface area (Å²) >= 11 is 0. The van der Waals surface area contributed by atoms with Crippen molar-refractivity contribution in [3.05, 3.63) is 146 Å². The van der Waals surface area contributed by atoms with E-state index in [2.05, 4.69) is 130 Å². The van der Waals surface area contributed by atoms with Crippen LogP contribution in [0.15, 0.2) is 146 Å².